The van der Waals surface area contributed by atoms with Crippen LogP contribution in [0, 0.1) is 0 Å². The minimum Gasteiger partial charge on any atom is -0.337 e. The SMILES string of the molecule is Cn1ccnc1CSc1cn[nH]n1. The van der Waals surface area contributed by atoms with E-state index >= 15 is 0 Å². The van der Waals surface area contributed by atoms with Crippen molar-refractivity contribution in [3.63, 3.8) is 0 Å². The highest BCUT2D eigenvalue weighted by Crippen LogP contribution is 2.17. The molecule has 0 spiro atoms. The maximum Gasteiger partial charge on any atom is 0.139 e. The van der Waals surface area contributed by atoms with Crippen LogP contribution in [0.4, 0.5) is 0 Å². The molecule has 0 radical (unpaired) electrons. The quantitative estimate of drug-likeness (QED) is 0.737. The van der Waals surface area contributed by atoms with E-state index in [0.29, 0.717) is 0 Å². The summed E-state index contributed by atoms with van der Waals surface area (Å²) in [5.41, 5.74) is 0. The molecule has 0 aromatic carbocycles. The average molecular weight is 195 g/mol. The molecule has 68 valence electrons. The van der Waals surface area contributed by atoms with E-state index in [-0.39, 0.29) is 0 Å². The Kier molecular flexibility index (Phi) is 2.31. The molecule has 0 aliphatic rings. The van der Waals surface area contributed by atoms with Crippen LogP contribution in [0.5, 0.6) is 0 Å². The van der Waals surface area contributed by atoms with Crippen LogP contribution < -0.4 is 0 Å². The van der Waals surface area contributed by atoms with Gasteiger partial charge >= 0.3 is 0 Å². The number of aryl methyl sites for hydroxylation is 1. The second kappa shape index (κ2) is 3.61. The van der Waals surface area contributed by atoms with Crippen molar-refractivity contribution in [2.75, 3.05) is 0 Å². The van der Waals surface area contributed by atoms with Gasteiger partial charge in [-0.25, -0.2) is 4.98 Å². The van der Waals surface area contributed by atoms with E-state index in [4.69, 9.17) is 0 Å². The van der Waals surface area contributed by atoms with Crippen molar-refractivity contribution in [1.82, 2.24) is 25.0 Å². The highest BCUT2D eigenvalue weighted by Gasteiger charge is 2.01. The van der Waals surface area contributed by atoms with Gasteiger partial charge in [0.05, 0.1) is 11.9 Å². The zero-order valence-electron chi connectivity index (χ0n) is 7.14. The lowest BCUT2D eigenvalue weighted by Gasteiger charge is -1.97. The summed E-state index contributed by atoms with van der Waals surface area (Å²) in [5, 5.41) is 11.1. The zero-order chi connectivity index (χ0) is 9.10. The molecule has 0 fully saturated rings. The Morgan fingerprint density at radius 3 is 3.15 bits per heavy atom. The van der Waals surface area contributed by atoms with Crippen molar-refractivity contribution in [1.29, 1.82) is 0 Å². The zero-order valence-corrected chi connectivity index (χ0v) is 7.95. The number of imidazole rings is 1. The standard InChI is InChI=1S/C7H9N5S/c1-12-3-2-8-6(12)5-13-7-4-9-11-10-7/h2-4H,5H2,1H3,(H,9,10,11). The van der Waals surface area contributed by atoms with Crippen molar-refractivity contribution in [2.45, 2.75) is 10.8 Å². The number of H-pyrrole nitrogens is 1. The summed E-state index contributed by atoms with van der Waals surface area (Å²) in [4.78, 5) is 4.20. The molecule has 0 amide bonds. The Morgan fingerprint density at radius 2 is 2.54 bits per heavy atom. The monoisotopic (exact) mass is 195 g/mol. The lowest BCUT2D eigenvalue weighted by atomic mass is 10.7. The van der Waals surface area contributed by atoms with E-state index in [9.17, 15) is 0 Å². The Hall–Kier alpha value is -1.30. The lowest BCUT2D eigenvalue weighted by molar-refractivity contribution is 0.848. The van der Waals surface area contributed by atoms with Crippen LogP contribution in [0.15, 0.2) is 23.6 Å². The molecule has 13 heavy (non-hydrogen) atoms. The number of rotatable bonds is 3. The fraction of sp³-hybridized carbons (Fsp3) is 0.286. The first-order valence-electron chi connectivity index (χ1n) is 3.81. The van der Waals surface area contributed by atoms with Crippen LogP contribution in [-0.4, -0.2) is 25.0 Å². The smallest absolute Gasteiger partial charge is 0.139 e. The summed E-state index contributed by atoms with van der Waals surface area (Å²) >= 11 is 1.61. The van der Waals surface area contributed by atoms with E-state index < -0.39 is 0 Å². The molecule has 2 aromatic rings. The fourth-order valence-electron chi connectivity index (χ4n) is 0.935. The Morgan fingerprint density at radius 1 is 1.62 bits per heavy atom. The normalized spacial score (nSPS) is 10.5. The molecular formula is C7H9N5S. The molecule has 6 heteroatoms. The molecule has 2 aromatic heterocycles. The summed E-state index contributed by atoms with van der Waals surface area (Å²) < 4.78 is 1.99. The van der Waals surface area contributed by atoms with Gasteiger partial charge in [-0.15, -0.1) is 5.10 Å². The van der Waals surface area contributed by atoms with Gasteiger partial charge in [-0.05, 0) is 0 Å². The van der Waals surface area contributed by atoms with Gasteiger partial charge in [0, 0.05) is 19.4 Å². The molecule has 5 nitrogen and oxygen atoms in total. The van der Waals surface area contributed by atoms with E-state index in [1.807, 2.05) is 17.8 Å². The number of hydrogen-bond acceptors (Lipinski definition) is 4. The summed E-state index contributed by atoms with van der Waals surface area (Å²) in [6, 6.07) is 0. The second-order valence-electron chi connectivity index (χ2n) is 2.55. The van der Waals surface area contributed by atoms with Crippen molar-refractivity contribution < 1.29 is 0 Å². The third kappa shape index (κ3) is 1.89. The maximum atomic E-state index is 4.20. The van der Waals surface area contributed by atoms with Crippen molar-refractivity contribution >= 4 is 11.8 Å². The van der Waals surface area contributed by atoms with E-state index in [0.717, 1.165) is 16.6 Å². The summed E-state index contributed by atoms with van der Waals surface area (Å²) in [7, 11) is 1.98. The van der Waals surface area contributed by atoms with Crippen molar-refractivity contribution in [3.05, 3.63) is 24.4 Å². The Labute approximate surface area is 79.6 Å². The molecule has 0 aliphatic carbocycles. The predicted molar refractivity (Wildman–Crippen MR) is 49.2 cm³/mol. The van der Waals surface area contributed by atoms with Gasteiger partial charge in [0.15, 0.2) is 0 Å². The minimum absolute atomic E-state index is 0.816. The van der Waals surface area contributed by atoms with Gasteiger partial charge in [-0.3, -0.25) is 0 Å². The number of nitrogens with zero attached hydrogens (tertiary/aromatic N) is 4. The minimum atomic E-state index is 0.816. The Bertz CT molecular complexity index is 366. The van der Waals surface area contributed by atoms with Crippen molar-refractivity contribution in [3.8, 4) is 0 Å². The third-order valence-corrected chi connectivity index (χ3v) is 2.56. The van der Waals surface area contributed by atoms with Crippen molar-refractivity contribution in [2.24, 2.45) is 7.05 Å². The van der Waals surface area contributed by atoms with Crippen LogP contribution in [0.3, 0.4) is 0 Å². The van der Waals surface area contributed by atoms with E-state index in [2.05, 4.69) is 20.4 Å². The first kappa shape index (κ1) is 8.31. The molecule has 0 bridgehead atoms. The highest BCUT2D eigenvalue weighted by molar-refractivity contribution is 7.98. The van der Waals surface area contributed by atoms with Gasteiger partial charge in [0.1, 0.15) is 10.9 Å². The highest BCUT2D eigenvalue weighted by atomic mass is 32.2. The molecule has 0 saturated heterocycles. The van der Waals surface area contributed by atoms with Crippen LogP contribution >= 0.6 is 11.8 Å². The summed E-state index contributed by atoms with van der Waals surface area (Å²) in [5.74, 6) is 1.85. The van der Waals surface area contributed by atoms with Gasteiger partial charge in [-0.2, -0.15) is 10.3 Å². The average Bonchev–Trinajstić information content (AvgIpc) is 2.72. The number of thioether (sulfide) groups is 1. The van der Waals surface area contributed by atoms with E-state index in [1.165, 1.54) is 0 Å². The summed E-state index contributed by atoms with van der Waals surface area (Å²) in [6.45, 7) is 0. The van der Waals surface area contributed by atoms with Crippen LogP contribution in [0.25, 0.3) is 0 Å². The van der Waals surface area contributed by atoms with Crippen LogP contribution in [-0.2, 0) is 12.8 Å². The lowest BCUT2D eigenvalue weighted by Crippen LogP contribution is -1.94. The third-order valence-electron chi connectivity index (χ3n) is 1.66. The van der Waals surface area contributed by atoms with Gasteiger partial charge in [-0.1, -0.05) is 11.8 Å². The molecule has 2 rings (SSSR count). The number of hydrogen-bond donors (Lipinski definition) is 1. The van der Waals surface area contributed by atoms with E-state index in [1.54, 1.807) is 24.2 Å². The largest absolute Gasteiger partial charge is 0.337 e. The van der Waals surface area contributed by atoms with Crippen LogP contribution in [0.1, 0.15) is 5.82 Å². The molecule has 0 unspecified atom stereocenters. The maximum absolute atomic E-state index is 4.20. The molecule has 1 N–H and O–H groups in total. The van der Waals surface area contributed by atoms with Gasteiger partial charge < -0.3 is 4.57 Å². The van der Waals surface area contributed by atoms with Gasteiger partial charge in [0.2, 0.25) is 0 Å². The second-order valence-corrected chi connectivity index (χ2v) is 3.55. The predicted octanol–water partition coefficient (Wildman–Crippen LogP) is 0.830. The molecule has 0 aliphatic heterocycles. The molecular weight excluding hydrogens is 186 g/mol. The van der Waals surface area contributed by atoms with Crippen LogP contribution in [0.2, 0.25) is 0 Å². The Balaban J connectivity index is 1.97. The molecule has 0 saturated carbocycles. The number of nitrogens with one attached hydrogen (secondary N) is 1. The first-order valence-corrected chi connectivity index (χ1v) is 4.79. The number of aromatic amines is 1. The number of aromatic nitrogens is 5. The fourth-order valence-corrected chi connectivity index (χ4v) is 1.72. The molecule has 0 atom stereocenters. The summed E-state index contributed by atoms with van der Waals surface area (Å²) in [6.07, 6.45) is 5.42. The molecule has 2 heterocycles. The first-order chi connectivity index (χ1) is 6.36. The topological polar surface area (TPSA) is 59.4 Å². The van der Waals surface area contributed by atoms with Gasteiger partial charge in [0.25, 0.3) is 0 Å².